The molecule has 0 saturated heterocycles. The Kier molecular flexibility index (Phi) is 3.87. The Morgan fingerprint density at radius 2 is 1.95 bits per heavy atom. The van der Waals surface area contributed by atoms with Crippen LogP contribution in [0.3, 0.4) is 0 Å². The minimum atomic E-state index is 0.605. The largest absolute Gasteiger partial charge is 0.306 e. The lowest BCUT2D eigenvalue weighted by Crippen LogP contribution is -2.15. The quantitative estimate of drug-likeness (QED) is 0.804. The number of aromatic nitrogens is 3. The first kappa shape index (κ1) is 13.4. The highest BCUT2D eigenvalue weighted by molar-refractivity contribution is 6.33. The summed E-state index contributed by atoms with van der Waals surface area (Å²) in [6.07, 6.45) is 1.94. The average molecular weight is 307 g/mol. The Morgan fingerprint density at radius 1 is 1.05 bits per heavy atom. The molecule has 20 heavy (non-hydrogen) atoms. The van der Waals surface area contributed by atoms with Crippen LogP contribution < -0.4 is 5.32 Å². The highest BCUT2D eigenvalue weighted by Crippen LogP contribution is 2.20. The smallest absolute Gasteiger partial charge is 0.160 e. The van der Waals surface area contributed by atoms with Gasteiger partial charge in [0, 0.05) is 22.8 Å². The Labute approximate surface area is 126 Å². The molecule has 0 aliphatic heterocycles. The molecule has 0 aliphatic rings. The Morgan fingerprint density at radius 3 is 2.85 bits per heavy atom. The van der Waals surface area contributed by atoms with Crippen molar-refractivity contribution < 1.29 is 0 Å². The molecule has 0 aliphatic carbocycles. The van der Waals surface area contributed by atoms with Crippen LogP contribution >= 0.6 is 23.2 Å². The van der Waals surface area contributed by atoms with Gasteiger partial charge in [0.1, 0.15) is 0 Å². The van der Waals surface area contributed by atoms with Crippen LogP contribution in [0.2, 0.25) is 10.0 Å². The monoisotopic (exact) mass is 306 g/mol. The number of nitrogens with one attached hydrogen (secondary N) is 1. The summed E-state index contributed by atoms with van der Waals surface area (Å²) >= 11 is 12.1. The van der Waals surface area contributed by atoms with E-state index in [2.05, 4.69) is 15.5 Å². The minimum Gasteiger partial charge on any atom is -0.306 e. The molecule has 4 nitrogen and oxygen atoms in total. The van der Waals surface area contributed by atoms with Gasteiger partial charge in [0.2, 0.25) is 0 Å². The lowest BCUT2D eigenvalue weighted by atomic mass is 10.2. The second-order valence-corrected chi connectivity index (χ2v) is 5.23. The molecule has 0 amide bonds. The van der Waals surface area contributed by atoms with Crippen LogP contribution in [-0.2, 0) is 13.1 Å². The molecule has 2 aromatic heterocycles. The van der Waals surface area contributed by atoms with Crippen LogP contribution in [0, 0.1) is 0 Å². The Bertz CT molecular complexity index is 739. The number of benzene rings is 1. The van der Waals surface area contributed by atoms with Crippen LogP contribution in [0.25, 0.3) is 5.65 Å². The van der Waals surface area contributed by atoms with E-state index in [0.717, 1.165) is 17.0 Å². The van der Waals surface area contributed by atoms with Gasteiger partial charge in [-0.05, 0) is 35.9 Å². The van der Waals surface area contributed by atoms with Crippen molar-refractivity contribution in [1.29, 1.82) is 0 Å². The van der Waals surface area contributed by atoms with Crippen molar-refractivity contribution in [2.24, 2.45) is 0 Å². The molecule has 1 aromatic carbocycles. The van der Waals surface area contributed by atoms with Crippen LogP contribution in [-0.4, -0.2) is 14.6 Å². The molecule has 6 heteroatoms. The number of hydrogen-bond donors (Lipinski definition) is 1. The van der Waals surface area contributed by atoms with E-state index in [1.165, 1.54) is 0 Å². The summed E-state index contributed by atoms with van der Waals surface area (Å²) in [7, 11) is 0. The van der Waals surface area contributed by atoms with Gasteiger partial charge in [-0.2, -0.15) is 0 Å². The zero-order valence-electron chi connectivity index (χ0n) is 10.6. The second kappa shape index (κ2) is 5.79. The summed E-state index contributed by atoms with van der Waals surface area (Å²) in [5.74, 6) is 0.860. The number of hydrogen-bond acceptors (Lipinski definition) is 3. The van der Waals surface area contributed by atoms with E-state index in [4.69, 9.17) is 23.2 Å². The van der Waals surface area contributed by atoms with Crippen LogP contribution in [0.15, 0.2) is 42.6 Å². The van der Waals surface area contributed by atoms with Gasteiger partial charge in [0.05, 0.1) is 6.54 Å². The second-order valence-electron chi connectivity index (χ2n) is 4.38. The predicted octanol–water partition coefficient (Wildman–Crippen LogP) is 3.33. The number of nitrogens with zero attached hydrogens (tertiary/aromatic N) is 3. The molecule has 102 valence electrons. The maximum absolute atomic E-state index is 6.12. The van der Waals surface area contributed by atoms with Crippen LogP contribution in [0.1, 0.15) is 11.4 Å². The molecule has 0 saturated carbocycles. The zero-order valence-corrected chi connectivity index (χ0v) is 12.1. The molecule has 2 heterocycles. The van der Waals surface area contributed by atoms with Crippen molar-refractivity contribution in [3.63, 3.8) is 0 Å². The highest BCUT2D eigenvalue weighted by atomic mass is 35.5. The first-order valence-electron chi connectivity index (χ1n) is 6.17. The van der Waals surface area contributed by atoms with Gasteiger partial charge in [0.15, 0.2) is 11.5 Å². The van der Waals surface area contributed by atoms with Gasteiger partial charge in [-0.25, -0.2) is 0 Å². The summed E-state index contributed by atoms with van der Waals surface area (Å²) in [4.78, 5) is 0. The first-order valence-corrected chi connectivity index (χ1v) is 6.93. The lowest BCUT2D eigenvalue weighted by molar-refractivity contribution is 0.657. The molecule has 3 rings (SSSR count). The molecule has 0 bridgehead atoms. The Balaban J connectivity index is 1.69. The summed E-state index contributed by atoms with van der Waals surface area (Å²) in [5.41, 5.74) is 1.80. The maximum atomic E-state index is 6.12. The van der Waals surface area contributed by atoms with Gasteiger partial charge >= 0.3 is 0 Å². The molecule has 0 fully saturated rings. The normalized spacial score (nSPS) is 11.1. The third-order valence-electron chi connectivity index (χ3n) is 2.99. The van der Waals surface area contributed by atoms with E-state index in [1.54, 1.807) is 12.1 Å². The van der Waals surface area contributed by atoms with Crippen molar-refractivity contribution in [3.8, 4) is 0 Å². The van der Waals surface area contributed by atoms with Gasteiger partial charge in [-0.1, -0.05) is 29.3 Å². The standard InChI is InChI=1S/C14H12Cl2N4/c15-11-4-5-12(16)10(7-11)8-17-9-14-19-18-13-3-1-2-6-20(13)14/h1-7,17H,8-9H2. The zero-order chi connectivity index (χ0) is 13.9. The molecular formula is C14H12Cl2N4. The molecular weight excluding hydrogens is 295 g/mol. The molecule has 0 radical (unpaired) electrons. The minimum absolute atomic E-state index is 0.605. The van der Waals surface area contributed by atoms with Crippen molar-refractivity contribution in [2.45, 2.75) is 13.1 Å². The van der Waals surface area contributed by atoms with Crippen LogP contribution in [0.4, 0.5) is 0 Å². The van der Waals surface area contributed by atoms with Gasteiger partial charge in [-0.15, -0.1) is 10.2 Å². The fourth-order valence-corrected chi connectivity index (χ4v) is 2.38. The molecule has 3 aromatic rings. The first-order chi connectivity index (χ1) is 9.74. The third kappa shape index (κ3) is 2.77. The summed E-state index contributed by atoms with van der Waals surface area (Å²) in [6, 6.07) is 11.2. The SMILES string of the molecule is Clc1ccc(Cl)c(CNCc2nnc3ccccn23)c1. The van der Waals surface area contributed by atoms with E-state index in [9.17, 15) is 0 Å². The molecule has 1 N–H and O–H groups in total. The summed E-state index contributed by atoms with van der Waals surface area (Å²) < 4.78 is 1.95. The number of fused-ring (bicyclic) bond motifs is 1. The molecule has 0 spiro atoms. The van der Waals surface area contributed by atoms with Crippen LogP contribution in [0.5, 0.6) is 0 Å². The fraction of sp³-hybridized carbons (Fsp3) is 0.143. The van der Waals surface area contributed by atoms with Gasteiger partial charge in [0.25, 0.3) is 0 Å². The molecule has 0 unspecified atom stereocenters. The summed E-state index contributed by atoms with van der Waals surface area (Å²) in [6.45, 7) is 1.23. The van der Waals surface area contributed by atoms with Crippen molar-refractivity contribution >= 4 is 28.8 Å². The topological polar surface area (TPSA) is 42.2 Å². The number of halogens is 2. The lowest BCUT2D eigenvalue weighted by Gasteiger charge is -2.06. The van der Waals surface area contributed by atoms with E-state index in [-0.39, 0.29) is 0 Å². The maximum Gasteiger partial charge on any atom is 0.160 e. The highest BCUT2D eigenvalue weighted by Gasteiger charge is 2.05. The number of rotatable bonds is 4. The average Bonchev–Trinajstić information content (AvgIpc) is 2.86. The van der Waals surface area contributed by atoms with E-state index >= 15 is 0 Å². The third-order valence-corrected chi connectivity index (χ3v) is 3.59. The van der Waals surface area contributed by atoms with Crippen molar-refractivity contribution in [3.05, 3.63) is 64.0 Å². The number of pyridine rings is 1. The van der Waals surface area contributed by atoms with Crippen molar-refractivity contribution in [2.75, 3.05) is 0 Å². The van der Waals surface area contributed by atoms with Gasteiger partial charge < -0.3 is 5.32 Å². The Hall–Kier alpha value is -1.62. The van der Waals surface area contributed by atoms with Crippen molar-refractivity contribution in [1.82, 2.24) is 19.9 Å². The molecule has 0 atom stereocenters. The van der Waals surface area contributed by atoms with E-state index in [1.807, 2.05) is 34.9 Å². The van der Waals surface area contributed by atoms with E-state index < -0.39 is 0 Å². The van der Waals surface area contributed by atoms with Gasteiger partial charge in [-0.3, -0.25) is 4.40 Å². The predicted molar refractivity (Wildman–Crippen MR) is 80.0 cm³/mol. The fourth-order valence-electron chi connectivity index (χ4n) is 2.00. The summed E-state index contributed by atoms with van der Waals surface area (Å²) in [5, 5.41) is 12.9. The van der Waals surface area contributed by atoms with E-state index in [0.29, 0.717) is 23.1 Å².